The van der Waals surface area contributed by atoms with Gasteiger partial charge in [-0.25, -0.2) is 17.2 Å². The average molecular weight is 344 g/mol. The van der Waals surface area contributed by atoms with E-state index in [4.69, 9.17) is 20.2 Å². The fourth-order valence-corrected chi connectivity index (χ4v) is 2.51. The molecule has 21 heavy (non-hydrogen) atoms. The first kappa shape index (κ1) is 17.4. The van der Waals surface area contributed by atoms with Crippen molar-refractivity contribution < 1.29 is 31.5 Å². The second kappa shape index (κ2) is 6.90. The lowest BCUT2D eigenvalue weighted by atomic mass is 10.1. The van der Waals surface area contributed by atoms with Crippen molar-refractivity contribution in [3.05, 3.63) is 17.7 Å². The van der Waals surface area contributed by atoms with Crippen LogP contribution in [0.1, 0.15) is 10.4 Å². The van der Waals surface area contributed by atoms with Crippen LogP contribution in [0.25, 0.3) is 0 Å². The summed E-state index contributed by atoms with van der Waals surface area (Å²) in [5, 5.41) is 1.94. The van der Waals surface area contributed by atoms with Crippen LogP contribution in [0.5, 0.6) is 11.5 Å². The van der Waals surface area contributed by atoms with E-state index in [0.717, 1.165) is 12.1 Å². The van der Waals surface area contributed by atoms with E-state index in [1.807, 2.05) is 5.32 Å². The molecule has 118 valence electrons. The molecule has 0 saturated carbocycles. The summed E-state index contributed by atoms with van der Waals surface area (Å²) < 4.78 is 56.9. The fourth-order valence-electron chi connectivity index (χ4n) is 1.50. The van der Waals surface area contributed by atoms with Crippen molar-refractivity contribution in [3.8, 4) is 11.5 Å². The molecule has 0 aliphatic rings. The summed E-state index contributed by atoms with van der Waals surface area (Å²) in [5.74, 6) is -1.09. The van der Waals surface area contributed by atoms with Gasteiger partial charge in [-0.05, 0) is 6.07 Å². The van der Waals surface area contributed by atoms with Crippen LogP contribution < -0.4 is 14.8 Å². The van der Waals surface area contributed by atoms with Crippen LogP contribution >= 0.6 is 10.7 Å². The molecule has 1 aromatic carbocycles. The Hall–Kier alpha value is -1.61. The maximum atomic E-state index is 12.1. The molecule has 0 heterocycles. The lowest BCUT2D eigenvalue weighted by molar-refractivity contribution is 0.0888. The van der Waals surface area contributed by atoms with Crippen molar-refractivity contribution in [1.29, 1.82) is 0 Å². The maximum absolute atomic E-state index is 12.1. The SMILES string of the molecule is COc1cc(OC)c(S(=O)(=O)Cl)cc1C(=O)NCC(F)F. The zero-order valence-electron chi connectivity index (χ0n) is 11.0. The molecule has 1 N–H and O–H groups in total. The molecule has 0 bridgehead atoms. The molecule has 1 rings (SSSR count). The van der Waals surface area contributed by atoms with Crippen molar-refractivity contribution in [1.82, 2.24) is 5.32 Å². The minimum Gasteiger partial charge on any atom is -0.496 e. The molecule has 0 radical (unpaired) electrons. The van der Waals surface area contributed by atoms with Gasteiger partial charge in [-0.2, -0.15) is 0 Å². The highest BCUT2D eigenvalue weighted by atomic mass is 35.7. The summed E-state index contributed by atoms with van der Waals surface area (Å²) in [6.45, 7) is -0.878. The lowest BCUT2D eigenvalue weighted by Gasteiger charge is -2.13. The largest absolute Gasteiger partial charge is 0.496 e. The van der Waals surface area contributed by atoms with Crippen LogP contribution in [-0.2, 0) is 9.05 Å². The van der Waals surface area contributed by atoms with E-state index in [-0.39, 0.29) is 17.1 Å². The highest BCUT2D eigenvalue weighted by Crippen LogP contribution is 2.33. The third-order valence-electron chi connectivity index (χ3n) is 2.41. The number of benzene rings is 1. The zero-order valence-corrected chi connectivity index (χ0v) is 12.6. The Labute approximate surface area is 124 Å². The Morgan fingerprint density at radius 3 is 2.29 bits per heavy atom. The number of nitrogens with one attached hydrogen (secondary N) is 1. The zero-order chi connectivity index (χ0) is 16.2. The number of rotatable bonds is 6. The van der Waals surface area contributed by atoms with Crippen LogP contribution in [0.2, 0.25) is 0 Å². The second-order valence-corrected chi connectivity index (χ2v) is 6.28. The van der Waals surface area contributed by atoms with Crippen LogP contribution in [-0.4, -0.2) is 41.5 Å². The van der Waals surface area contributed by atoms with Crippen LogP contribution in [0.4, 0.5) is 8.78 Å². The maximum Gasteiger partial charge on any atom is 0.265 e. The monoisotopic (exact) mass is 343 g/mol. The number of methoxy groups -OCH3 is 2. The van der Waals surface area contributed by atoms with Crippen molar-refractivity contribution in [2.24, 2.45) is 0 Å². The number of hydrogen-bond donors (Lipinski definition) is 1. The first-order chi connectivity index (χ1) is 9.70. The smallest absolute Gasteiger partial charge is 0.265 e. The van der Waals surface area contributed by atoms with E-state index in [2.05, 4.69) is 0 Å². The molecular weight excluding hydrogens is 332 g/mol. The van der Waals surface area contributed by atoms with Gasteiger partial charge in [0.05, 0.1) is 26.3 Å². The van der Waals surface area contributed by atoms with E-state index in [0.29, 0.717) is 0 Å². The normalized spacial score (nSPS) is 11.3. The Balaban J connectivity index is 3.34. The number of ether oxygens (including phenoxy) is 2. The fraction of sp³-hybridized carbons (Fsp3) is 0.364. The number of halogens is 3. The molecule has 0 spiro atoms. The Morgan fingerprint density at radius 1 is 1.29 bits per heavy atom. The van der Waals surface area contributed by atoms with Crippen LogP contribution in [0.3, 0.4) is 0 Å². The van der Waals surface area contributed by atoms with Gasteiger partial charge < -0.3 is 14.8 Å². The van der Waals surface area contributed by atoms with Crippen LogP contribution in [0, 0.1) is 0 Å². The number of alkyl halides is 2. The summed E-state index contributed by atoms with van der Waals surface area (Å²) in [5.41, 5.74) is -0.252. The molecule has 1 aromatic rings. The van der Waals surface area contributed by atoms with E-state index < -0.39 is 32.8 Å². The predicted molar refractivity (Wildman–Crippen MR) is 70.9 cm³/mol. The molecule has 0 fully saturated rings. The molecule has 1 amide bonds. The average Bonchev–Trinajstić information content (AvgIpc) is 2.42. The topological polar surface area (TPSA) is 81.7 Å². The molecule has 0 aromatic heterocycles. The molecule has 0 aliphatic carbocycles. The van der Waals surface area contributed by atoms with E-state index >= 15 is 0 Å². The Kier molecular flexibility index (Phi) is 5.73. The molecule has 6 nitrogen and oxygen atoms in total. The number of carbonyl (C=O) groups is 1. The summed E-state index contributed by atoms with van der Waals surface area (Å²) in [6, 6.07) is 2.04. The van der Waals surface area contributed by atoms with Gasteiger partial charge in [-0.1, -0.05) is 0 Å². The Morgan fingerprint density at radius 2 is 1.86 bits per heavy atom. The van der Waals surface area contributed by atoms with Crippen molar-refractivity contribution in [3.63, 3.8) is 0 Å². The third kappa shape index (κ3) is 4.43. The predicted octanol–water partition coefficient (Wildman–Crippen LogP) is 1.63. The van der Waals surface area contributed by atoms with E-state index in [9.17, 15) is 22.0 Å². The molecule has 0 unspecified atom stereocenters. The first-order valence-corrected chi connectivity index (χ1v) is 7.78. The highest BCUT2D eigenvalue weighted by molar-refractivity contribution is 8.13. The Bertz CT molecular complexity index is 636. The minimum absolute atomic E-state index is 0.0392. The van der Waals surface area contributed by atoms with Gasteiger partial charge >= 0.3 is 0 Å². The van der Waals surface area contributed by atoms with Crippen molar-refractivity contribution in [2.45, 2.75) is 11.3 Å². The van der Waals surface area contributed by atoms with Gasteiger partial charge in [0, 0.05) is 16.7 Å². The summed E-state index contributed by atoms with van der Waals surface area (Å²) in [6.07, 6.45) is -2.74. The molecular formula is C11H12ClF2NO5S. The minimum atomic E-state index is -4.19. The highest BCUT2D eigenvalue weighted by Gasteiger charge is 2.23. The van der Waals surface area contributed by atoms with Gasteiger partial charge in [0.15, 0.2) is 0 Å². The van der Waals surface area contributed by atoms with E-state index in [1.165, 1.54) is 14.2 Å². The summed E-state index contributed by atoms with van der Waals surface area (Å²) >= 11 is 0. The molecule has 0 atom stereocenters. The molecule has 10 heteroatoms. The van der Waals surface area contributed by atoms with Gasteiger partial charge in [0.25, 0.3) is 21.4 Å². The lowest BCUT2D eigenvalue weighted by Crippen LogP contribution is -2.29. The quantitative estimate of drug-likeness (QED) is 0.794. The van der Waals surface area contributed by atoms with Gasteiger partial charge in [-0.3, -0.25) is 4.79 Å². The standard InChI is InChI=1S/C11H12ClF2NO5S/c1-19-7-4-8(20-2)9(21(12,17)18)3-6(7)11(16)15-5-10(13)14/h3-4,10H,5H2,1-2H3,(H,15,16). The van der Waals surface area contributed by atoms with Gasteiger partial charge in [0.2, 0.25) is 0 Å². The van der Waals surface area contributed by atoms with Crippen LogP contribution in [0.15, 0.2) is 17.0 Å². The van der Waals surface area contributed by atoms with Gasteiger partial charge in [0.1, 0.15) is 16.4 Å². The second-order valence-electron chi connectivity index (χ2n) is 3.74. The first-order valence-electron chi connectivity index (χ1n) is 5.47. The molecule has 0 aliphatic heterocycles. The van der Waals surface area contributed by atoms with Gasteiger partial charge in [-0.15, -0.1) is 0 Å². The number of hydrogen-bond acceptors (Lipinski definition) is 5. The summed E-state index contributed by atoms with van der Waals surface area (Å²) in [7, 11) is 3.48. The summed E-state index contributed by atoms with van der Waals surface area (Å²) in [4.78, 5) is 11.3. The number of carbonyl (C=O) groups excluding carboxylic acids is 1. The molecule has 0 saturated heterocycles. The van der Waals surface area contributed by atoms with Crippen molar-refractivity contribution in [2.75, 3.05) is 20.8 Å². The van der Waals surface area contributed by atoms with Crippen molar-refractivity contribution >= 4 is 25.6 Å². The third-order valence-corrected chi connectivity index (χ3v) is 3.75. The van der Waals surface area contributed by atoms with E-state index in [1.54, 1.807) is 0 Å². The number of amides is 1.